The molecule has 0 amide bonds. The Hall–Kier alpha value is -1.56. The van der Waals surface area contributed by atoms with Crippen LogP contribution in [0.5, 0.6) is 5.88 Å². The van der Waals surface area contributed by atoms with E-state index in [0.29, 0.717) is 31.5 Å². The second kappa shape index (κ2) is 4.79. The van der Waals surface area contributed by atoms with Gasteiger partial charge in [0.1, 0.15) is 6.61 Å². The van der Waals surface area contributed by atoms with Crippen molar-refractivity contribution in [1.82, 2.24) is 10.3 Å². The number of rotatable bonds is 4. The van der Waals surface area contributed by atoms with Crippen molar-refractivity contribution in [3.8, 4) is 5.88 Å². The topological polar surface area (TPSA) is 60.6 Å². The number of anilines is 1. The highest BCUT2D eigenvalue weighted by atomic mass is 16.6. The van der Waals surface area contributed by atoms with E-state index < -0.39 is 0 Å². The Bertz CT molecular complexity index is 320. The number of hydrogen-bond donors (Lipinski definition) is 0. The molecule has 82 valence electrons. The van der Waals surface area contributed by atoms with Crippen molar-refractivity contribution in [3.05, 3.63) is 12.7 Å². The van der Waals surface area contributed by atoms with Gasteiger partial charge in [0.2, 0.25) is 5.82 Å². The summed E-state index contributed by atoms with van der Waals surface area (Å²) < 4.78 is 15.2. The molecule has 1 saturated heterocycles. The van der Waals surface area contributed by atoms with Crippen molar-refractivity contribution in [3.63, 3.8) is 0 Å². The molecule has 0 atom stereocenters. The molecule has 15 heavy (non-hydrogen) atoms. The molecule has 0 bridgehead atoms. The van der Waals surface area contributed by atoms with E-state index in [2.05, 4.69) is 21.5 Å². The fraction of sp³-hybridized carbons (Fsp3) is 0.556. The third-order valence-electron chi connectivity index (χ3n) is 2.09. The molecule has 1 aromatic rings. The van der Waals surface area contributed by atoms with Gasteiger partial charge in [-0.3, -0.25) is 0 Å². The predicted molar refractivity (Wildman–Crippen MR) is 53.0 cm³/mol. The van der Waals surface area contributed by atoms with Gasteiger partial charge in [-0.15, -0.1) is 0 Å². The minimum absolute atomic E-state index is 0.394. The lowest BCUT2D eigenvalue weighted by molar-refractivity contribution is 0.121. The van der Waals surface area contributed by atoms with E-state index in [1.54, 1.807) is 6.08 Å². The molecule has 2 rings (SSSR count). The SMILES string of the molecule is C=CCOc1nonc1N1CCOCC1. The van der Waals surface area contributed by atoms with Crippen molar-refractivity contribution in [2.45, 2.75) is 0 Å². The molecular weight excluding hydrogens is 198 g/mol. The standard InChI is InChI=1S/C9H13N3O3/c1-2-5-14-9-8(10-15-11-9)12-3-6-13-7-4-12/h2H,1,3-7H2. The zero-order chi connectivity index (χ0) is 10.5. The van der Waals surface area contributed by atoms with Crippen LogP contribution < -0.4 is 9.64 Å². The summed E-state index contributed by atoms with van der Waals surface area (Å²) in [7, 11) is 0. The van der Waals surface area contributed by atoms with E-state index in [0.717, 1.165) is 13.1 Å². The molecule has 6 nitrogen and oxygen atoms in total. The van der Waals surface area contributed by atoms with Crippen molar-refractivity contribution >= 4 is 5.82 Å². The predicted octanol–water partition coefficient (Wildman–Crippen LogP) is 0.471. The first-order valence-corrected chi connectivity index (χ1v) is 4.81. The smallest absolute Gasteiger partial charge is 0.300 e. The molecule has 0 saturated carbocycles. The molecule has 1 aromatic heterocycles. The summed E-state index contributed by atoms with van der Waals surface area (Å²) in [6.45, 7) is 6.89. The van der Waals surface area contributed by atoms with Gasteiger partial charge in [-0.1, -0.05) is 12.7 Å². The quantitative estimate of drug-likeness (QED) is 0.675. The number of nitrogens with zero attached hydrogens (tertiary/aromatic N) is 3. The molecule has 6 heteroatoms. The Balaban J connectivity index is 2.05. The zero-order valence-electron chi connectivity index (χ0n) is 8.39. The third kappa shape index (κ3) is 2.27. The minimum Gasteiger partial charge on any atom is -0.469 e. The Morgan fingerprint density at radius 3 is 2.93 bits per heavy atom. The molecule has 0 aliphatic carbocycles. The lowest BCUT2D eigenvalue weighted by Crippen LogP contribution is -2.36. The van der Waals surface area contributed by atoms with Crippen LogP contribution in [0.1, 0.15) is 0 Å². The molecule has 1 fully saturated rings. The molecule has 0 radical (unpaired) electrons. The first-order chi connectivity index (χ1) is 7.42. The van der Waals surface area contributed by atoms with Crippen LogP contribution in [0.15, 0.2) is 17.3 Å². The summed E-state index contributed by atoms with van der Waals surface area (Å²) in [4.78, 5) is 2.03. The van der Waals surface area contributed by atoms with E-state index in [4.69, 9.17) is 9.47 Å². The Morgan fingerprint density at radius 2 is 2.20 bits per heavy atom. The van der Waals surface area contributed by atoms with Crippen molar-refractivity contribution < 1.29 is 14.1 Å². The average Bonchev–Trinajstić information content (AvgIpc) is 2.75. The van der Waals surface area contributed by atoms with Crippen LogP contribution in [0, 0.1) is 0 Å². The van der Waals surface area contributed by atoms with Gasteiger partial charge in [0.15, 0.2) is 0 Å². The van der Waals surface area contributed by atoms with Gasteiger partial charge in [-0.05, 0) is 10.3 Å². The molecule has 0 spiro atoms. The highest BCUT2D eigenvalue weighted by Gasteiger charge is 2.20. The second-order valence-electron chi connectivity index (χ2n) is 3.09. The summed E-state index contributed by atoms with van der Waals surface area (Å²) >= 11 is 0. The van der Waals surface area contributed by atoms with Crippen LogP contribution in [0.25, 0.3) is 0 Å². The molecule has 2 heterocycles. The van der Waals surface area contributed by atoms with Gasteiger partial charge < -0.3 is 14.4 Å². The van der Waals surface area contributed by atoms with Gasteiger partial charge in [-0.25, -0.2) is 4.63 Å². The number of hydrogen-bond acceptors (Lipinski definition) is 6. The summed E-state index contributed by atoms with van der Waals surface area (Å²) in [5.41, 5.74) is 0. The van der Waals surface area contributed by atoms with E-state index in [1.807, 2.05) is 4.90 Å². The monoisotopic (exact) mass is 211 g/mol. The zero-order valence-corrected chi connectivity index (χ0v) is 8.39. The Kier molecular flexibility index (Phi) is 3.18. The van der Waals surface area contributed by atoms with E-state index >= 15 is 0 Å². The van der Waals surface area contributed by atoms with Crippen LogP contribution in [-0.2, 0) is 4.74 Å². The maximum absolute atomic E-state index is 5.31. The molecular formula is C9H13N3O3. The summed E-state index contributed by atoms with van der Waals surface area (Å²) in [5, 5.41) is 7.51. The van der Waals surface area contributed by atoms with Gasteiger partial charge in [0.25, 0.3) is 0 Å². The number of aromatic nitrogens is 2. The van der Waals surface area contributed by atoms with Crippen molar-refractivity contribution in [1.29, 1.82) is 0 Å². The second-order valence-corrected chi connectivity index (χ2v) is 3.09. The summed E-state index contributed by atoms with van der Waals surface area (Å²) in [5.74, 6) is 1.05. The van der Waals surface area contributed by atoms with Crippen molar-refractivity contribution in [2.75, 3.05) is 37.8 Å². The summed E-state index contributed by atoms with van der Waals surface area (Å²) in [6.07, 6.45) is 1.65. The number of ether oxygens (including phenoxy) is 2. The number of morpholine rings is 1. The van der Waals surface area contributed by atoms with Crippen LogP contribution in [0.3, 0.4) is 0 Å². The van der Waals surface area contributed by atoms with E-state index in [-0.39, 0.29) is 0 Å². The lowest BCUT2D eigenvalue weighted by Gasteiger charge is -2.25. The van der Waals surface area contributed by atoms with Gasteiger partial charge in [0.05, 0.1) is 13.2 Å². The van der Waals surface area contributed by atoms with E-state index in [1.165, 1.54) is 0 Å². The average molecular weight is 211 g/mol. The molecule has 1 aliphatic rings. The van der Waals surface area contributed by atoms with Gasteiger partial charge in [-0.2, -0.15) is 0 Å². The third-order valence-corrected chi connectivity index (χ3v) is 2.09. The highest BCUT2D eigenvalue weighted by Crippen LogP contribution is 2.23. The lowest BCUT2D eigenvalue weighted by atomic mass is 10.4. The van der Waals surface area contributed by atoms with Crippen LogP contribution >= 0.6 is 0 Å². The first-order valence-electron chi connectivity index (χ1n) is 4.81. The van der Waals surface area contributed by atoms with Crippen LogP contribution in [-0.4, -0.2) is 43.2 Å². The molecule has 1 aliphatic heterocycles. The fourth-order valence-electron chi connectivity index (χ4n) is 1.37. The normalized spacial score (nSPS) is 16.4. The molecule has 0 unspecified atom stereocenters. The Morgan fingerprint density at radius 1 is 1.40 bits per heavy atom. The van der Waals surface area contributed by atoms with E-state index in [9.17, 15) is 0 Å². The van der Waals surface area contributed by atoms with Gasteiger partial charge in [0, 0.05) is 13.1 Å². The minimum atomic E-state index is 0.394. The first kappa shape index (κ1) is 9.97. The maximum atomic E-state index is 5.31. The highest BCUT2D eigenvalue weighted by molar-refractivity contribution is 5.46. The largest absolute Gasteiger partial charge is 0.469 e. The van der Waals surface area contributed by atoms with Gasteiger partial charge >= 0.3 is 5.88 Å². The maximum Gasteiger partial charge on any atom is 0.300 e. The van der Waals surface area contributed by atoms with Crippen LogP contribution in [0.2, 0.25) is 0 Å². The molecule has 0 aromatic carbocycles. The molecule has 0 N–H and O–H groups in total. The fourth-order valence-corrected chi connectivity index (χ4v) is 1.37. The summed E-state index contributed by atoms with van der Waals surface area (Å²) in [6, 6.07) is 0. The van der Waals surface area contributed by atoms with Crippen molar-refractivity contribution in [2.24, 2.45) is 0 Å². The van der Waals surface area contributed by atoms with Crippen LogP contribution in [0.4, 0.5) is 5.82 Å². The Labute approximate surface area is 87.4 Å².